The lowest BCUT2D eigenvalue weighted by atomic mass is 10.2. The molecule has 3 heteroatoms. The van der Waals surface area contributed by atoms with Crippen molar-refractivity contribution in [2.45, 2.75) is 19.9 Å². The second-order valence-corrected chi connectivity index (χ2v) is 3.24. The maximum absolute atomic E-state index is 4.40. The first-order chi connectivity index (χ1) is 5.25. The summed E-state index contributed by atoms with van der Waals surface area (Å²) in [5.74, 6) is 1.05. The third kappa shape index (κ3) is 1.16. The fraction of sp³-hybridized carbons (Fsp3) is 0.625. The van der Waals surface area contributed by atoms with Gasteiger partial charge in [0.05, 0.1) is 11.4 Å². The quantitative estimate of drug-likeness (QED) is 0.592. The van der Waals surface area contributed by atoms with Gasteiger partial charge in [-0.2, -0.15) is 0 Å². The number of nitrogens with zero attached hydrogens (tertiary/aromatic N) is 2. The number of H-pyrrole nitrogens is 1. The number of imidazole rings is 1. The average Bonchev–Trinajstić information content (AvgIpc) is 2.27. The van der Waals surface area contributed by atoms with Crippen molar-refractivity contribution in [2.24, 2.45) is 0 Å². The Morgan fingerprint density at radius 1 is 1.55 bits per heavy atom. The molecule has 11 heavy (non-hydrogen) atoms. The molecule has 0 fully saturated rings. The van der Waals surface area contributed by atoms with E-state index in [-0.39, 0.29) is 0 Å². The minimum Gasteiger partial charge on any atom is -0.345 e. The molecule has 0 aromatic carbocycles. The number of aromatic nitrogens is 2. The summed E-state index contributed by atoms with van der Waals surface area (Å²) >= 11 is 0. The molecule has 0 radical (unpaired) electrons. The van der Waals surface area contributed by atoms with Gasteiger partial charge in [-0.05, 0) is 14.0 Å². The summed E-state index contributed by atoms with van der Waals surface area (Å²) in [4.78, 5) is 9.98. The number of hydrogen-bond acceptors (Lipinski definition) is 2. The van der Waals surface area contributed by atoms with Crippen molar-refractivity contribution in [3.05, 3.63) is 17.2 Å². The Hall–Kier alpha value is -0.830. The van der Waals surface area contributed by atoms with Gasteiger partial charge in [0.25, 0.3) is 0 Å². The van der Waals surface area contributed by atoms with E-state index in [1.54, 1.807) is 0 Å². The van der Waals surface area contributed by atoms with E-state index in [1.807, 2.05) is 6.92 Å². The molecule has 60 valence electrons. The van der Waals surface area contributed by atoms with Gasteiger partial charge in [-0.1, -0.05) is 0 Å². The van der Waals surface area contributed by atoms with E-state index in [2.05, 4.69) is 21.9 Å². The first-order valence-electron chi connectivity index (χ1n) is 3.98. The zero-order chi connectivity index (χ0) is 7.84. The van der Waals surface area contributed by atoms with Crippen molar-refractivity contribution in [3.8, 4) is 0 Å². The van der Waals surface area contributed by atoms with Gasteiger partial charge < -0.3 is 9.88 Å². The third-order valence-corrected chi connectivity index (χ3v) is 2.14. The topological polar surface area (TPSA) is 31.9 Å². The molecule has 0 saturated heterocycles. The molecule has 0 saturated carbocycles. The predicted octanol–water partition coefficient (Wildman–Crippen LogP) is 0.706. The van der Waals surface area contributed by atoms with Crippen molar-refractivity contribution in [2.75, 3.05) is 13.6 Å². The first kappa shape index (κ1) is 6.85. The van der Waals surface area contributed by atoms with Crippen molar-refractivity contribution < 1.29 is 0 Å². The summed E-state index contributed by atoms with van der Waals surface area (Å²) < 4.78 is 0. The van der Waals surface area contributed by atoms with Crippen LogP contribution in [0.15, 0.2) is 0 Å². The highest BCUT2D eigenvalue weighted by Gasteiger charge is 2.15. The molecule has 1 N–H and O–H groups in total. The fourth-order valence-electron chi connectivity index (χ4n) is 1.57. The van der Waals surface area contributed by atoms with Crippen LogP contribution in [0.3, 0.4) is 0 Å². The van der Waals surface area contributed by atoms with E-state index in [9.17, 15) is 0 Å². The standard InChI is InChI=1S/C8H13N3/c1-6-9-7-3-4-11(2)5-8(7)10-6/h3-5H2,1-2H3,(H,9,10). The lowest BCUT2D eigenvalue weighted by Crippen LogP contribution is -2.26. The zero-order valence-electron chi connectivity index (χ0n) is 7.02. The van der Waals surface area contributed by atoms with Crippen LogP contribution in [0.2, 0.25) is 0 Å². The monoisotopic (exact) mass is 151 g/mol. The van der Waals surface area contributed by atoms with Crippen LogP contribution in [-0.4, -0.2) is 28.5 Å². The van der Waals surface area contributed by atoms with Crippen LogP contribution in [0.4, 0.5) is 0 Å². The highest BCUT2D eigenvalue weighted by Crippen LogP contribution is 2.14. The molecule has 0 amide bonds. The van der Waals surface area contributed by atoms with Crippen molar-refractivity contribution in [3.63, 3.8) is 0 Å². The largest absolute Gasteiger partial charge is 0.345 e. The normalized spacial score (nSPS) is 18.4. The Labute approximate surface area is 66.4 Å². The molecule has 1 aromatic heterocycles. The SMILES string of the molecule is Cc1nc2c([nH]1)CN(C)CC2. The Morgan fingerprint density at radius 3 is 3.18 bits per heavy atom. The molecule has 0 bridgehead atoms. The van der Waals surface area contributed by atoms with E-state index < -0.39 is 0 Å². The van der Waals surface area contributed by atoms with Crippen LogP contribution >= 0.6 is 0 Å². The van der Waals surface area contributed by atoms with Crippen LogP contribution in [-0.2, 0) is 13.0 Å². The second-order valence-electron chi connectivity index (χ2n) is 3.24. The Morgan fingerprint density at radius 2 is 2.36 bits per heavy atom. The van der Waals surface area contributed by atoms with E-state index >= 15 is 0 Å². The number of fused-ring (bicyclic) bond motifs is 1. The molecule has 1 aromatic rings. The van der Waals surface area contributed by atoms with E-state index in [0.717, 1.165) is 25.3 Å². The Bertz CT molecular complexity index is 264. The van der Waals surface area contributed by atoms with Crippen molar-refractivity contribution in [1.82, 2.24) is 14.9 Å². The molecular weight excluding hydrogens is 138 g/mol. The molecule has 0 unspecified atom stereocenters. The molecule has 1 aliphatic heterocycles. The highest BCUT2D eigenvalue weighted by atomic mass is 15.1. The van der Waals surface area contributed by atoms with Gasteiger partial charge in [0.15, 0.2) is 0 Å². The van der Waals surface area contributed by atoms with Gasteiger partial charge in [-0.25, -0.2) is 4.98 Å². The molecule has 0 atom stereocenters. The maximum atomic E-state index is 4.40. The summed E-state index contributed by atoms with van der Waals surface area (Å²) in [6.45, 7) is 4.17. The summed E-state index contributed by atoms with van der Waals surface area (Å²) in [5.41, 5.74) is 2.57. The summed E-state index contributed by atoms with van der Waals surface area (Å²) in [6.07, 6.45) is 1.09. The molecular formula is C8H13N3. The summed E-state index contributed by atoms with van der Waals surface area (Å²) in [6, 6.07) is 0. The Kier molecular flexibility index (Phi) is 1.46. The molecule has 0 spiro atoms. The van der Waals surface area contributed by atoms with Gasteiger partial charge >= 0.3 is 0 Å². The molecule has 2 rings (SSSR count). The number of hydrogen-bond donors (Lipinski definition) is 1. The maximum Gasteiger partial charge on any atom is 0.103 e. The third-order valence-electron chi connectivity index (χ3n) is 2.14. The van der Waals surface area contributed by atoms with Gasteiger partial charge in [-0.15, -0.1) is 0 Å². The van der Waals surface area contributed by atoms with Gasteiger partial charge in [0, 0.05) is 19.5 Å². The Balaban J connectivity index is 2.34. The summed E-state index contributed by atoms with van der Waals surface area (Å²) in [7, 11) is 2.14. The molecule has 1 aliphatic rings. The van der Waals surface area contributed by atoms with Crippen molar-refractivity contribution in [1.29, 1.82) is 0 Å². The fourth-order valence-corrected chi connectivity index (χ4v) is 1.57. The second kappa shape index (κ2) is 2.34. The van der Waals surface area contributed by atoms with Gasteiger partial charge in [-0.3, -0.25) is 0 Å². The number of likely N-dealkylation sites (N-methyl/N-ethyl adjacent to an activating group) is 1. The summed E-state index contributed by atoms with van der Waals surface area (Å²) in [5, 5.41) is 0. The van der Waals surface area contributed by atoms with Crippen LogP contribution < -0.4 is 0 Å². The minimum absolute atomic E-state index is 1.02. The van der Waals surface area contributed by atoms with Crippen LogP contribution in [0, 0.1) is 6.92 Å². The van der Waals surface area contributed by atoms with Crippen LogP contribution in [0.25, 0.3) is 0 Å². The number of aromatic amines is 1. The molecule has 3 nitrogen and oxygen atoms in total. The first-order valence-corrected chi connectivity index (χ1v) is 3.98. The minimum atomic E-state index is 1.02. The smallest absolute Gasteiger partial charge is 0.103 e. The molecule has 0 aliphatic carbocycles. The lowest BCUT2D eigenvalue weighted by molar-refractivity contribution is 0.307. The van der Waals surface area contributed by atoms with Gasteiger partial charge in [0.1, 0.15) is 5.82 Å². The number of rotatable bonds is 0. The van der Waals surface area contributed by atoms with Crippen LogP contribution in [0.5, 0.6) is 0 Å². The molecule has 2 heterocycles. The highest BCUT2D eigenvalue weighted by molar-refractivity contribution is 5.16. The van der Waals surface area contributed by atoms with E-state index in [1.165, 1.54) is 11.4 Å². The predicted molar refractivity (Wildman–Crippen MR) is 43.4 cm³/mol. The van der Waals surface area contributed by atoms with Crippen LogP contribution in [0.1, 0.15) is 17.2 Å². The lowest BCUT2D eigenvalue weighted by Gasteiger charge is -2.20. The number of aryl methyl sites for hydroxylation is 1. The van der Waals surface area contributed by atoms with E-state index in [0.29, 0.717) is 0 Å². The van der Waals surface area contributed by atoms with Gasteiger partial charge in [0.2, 0.25) is 0 Å². The van der Waals surface area contributed by atoms with Crippen molar-refractivity contribution >= 4 is 0 Å². The zero-order valence-corrected chi connectivity index (χ0v) is 7.02. The average molecular weight is 151 g/mol. The number of nitrogens with one attached hydrogen (secondary N) is 1. The van der Waals surface area contributed by atoms with E-state index in [4.69, 9.17) is 0 Å².